The predicted molar refractivity (Wildman–Crippen MR) is 117 cm³/mol. The van der Waals surface area contributed by atoms with Gasteiger partial charge in [0.15, 0.2) is 5.84 Å². The number of carbonyl (C=O) groups excluding carboxylic acids is 4. The van der Waals surface area contributed by atoms with Crippen molar-refractivity contribution in [3.8, 4) is 0 Å². The number of ether oxygens (including phenoxy) is 2. The van der Waals surface area contributed by atoms with E-state index >= 15 is 0 Å². The van der Waals surface area contributed by atoms with E-state index in [-0.39, 0.29) is 49.4 Å². The largest absolute Gasteiger partial charge is 0.469 e. The maximum absolute atomic E-state index is 12.7. The molecule has 1 aliphatic heterocycles. The van der Waals surface area contributed by atoms with Crippen molar-refractivity contribution in [3.63, 3.8) is 0 Å². The lowest BCUT2D eigenvalue weighted by atomic mass is 10.1. The van der Waals surface area contributed by atoms with Crippen LogP contribution in [0, 0.1) is 5.41 Å². The summed E-state index contributed by atoms with van der Waals surface area (Å²) in [6.07, 6.45) is -0.0238. The molecule has 3 amide bonds. The summed E-state index contributed by atoms with van der Waals surface area (Å²) in [4.78, 5) is 50.6. The molecule has 0 spiro atoms. The van der Waals surface area contributed by atoms with Gasteiger partial charge in [-0.15, -0.1) is 0 Å². The van der Waals surface area contributed by atoms with E-state index in [0.717, 1.165) is 16.0 Å². The molecule has 33 heavy (non-hydrogen) atoms. The van der Waals surface area contributed by atoms with E-state index in [1.807, 2.05) is 0 Å². The number of methoxy groups -OCH3 is 2. The van der Waals surface area contributed by atoms with Crippen molar-refractivity contribution >= 4 is 29.7 Å². The Kier molecular flexibility index (Phi) is 8.78. The van der Waals surface area contributed by atoms with Crippen LogP contribution in [0.5, 0.6) is 0 Å². The minimum Gasteiger partial charge on any atom is -0.469 e. The number of hydrogen-bond acceptors (Lipinski definition) is 9. The fraction of sp³-hybridized carbons (Fsp3) is 0.381. The molecule has 0 unspecified atom stereocenters. The van der Waals surface area contributed by atoms with Gasteiger partial charge in [-0.3, -0.25) is 24.7 Å². The number of urea groups is 1. The van der Waals surface area contributed by atoms with Crippen LogP contribution >= 0.6 is 0 Å². The Morgan fingerprint density at radius 1 is 1.12 bits per heavy atom. The molecule has 0 saturated carbocycles. The summed E-state index contributed by atoms with van der Waals surface area (Å²) in [6, 6.07) is 6.57. The van der Waals surface area contributed by atoms with E-state index in [9.17, 15) is 19.2 Å². The SMILES string of the molecule is COC(=O)CC(=O)N(CCCN1C(=N)C(=C(N)N)NC1=O)Cc1cccc(CC(=O)OC)c1. The van der Waals surface area contributed by atoms with Gasteiger partial charge in [-0.25, -0.2) is 4.79 Å². The third-order valence-corrected chi connectivity index (χ3v) is 4.90. The molecular formula is C21H28N6O6. The normalized spacial score (nSPS) is 12.9. The van der Waals surface area contributed by atoms with Crippen molar-refractivity contribution in [3.05, 3.63) is 46.9 Å². The summed E-state index contributed by atoms with van der Waals surface area (Å²) in [6.45, 7) is 0.506. The van der Waals surface area contributed by atoms with Gasteiger partial charge in [0, 0.05) is 19.6 Å². The van der Waals surface area contributed by atoms with Gasteiger partial charge in [0.05, 0.1) is 20.6 Å². The molecule has 1 heterocycles. The number of benzene rings is 1. The van der Waals surface area contributed by atoms with Crippen molar-refractivity contribution < 1.29 is 28.7 Å². The van der Waals surface area contributed by atoms with Crippen LogP contribution in [0.3, 0.4) is 0 Å². The lowest BCUT2D eigenvalue weighted by Crippen LogP contribution is -2.37. The van der Waals surface area contributed by atoms with Gasteiger partial charge >= 0.3 is 18.0 Å². The molecular weight excluding hydrogens is 432 g/mol. The molecule has 0 radical (unpaired) electrons. The Balaban J connectivity index is 2.09. The highest BCUT2D eigenvalue weighted by Gasteiger charge is 2.31. The van der Waals surface area contributed by atoms with E-state index in [4.69, 9.17) is 16.9 Å². The molecule has 6 N–H and O–H groups in total. The number of amidine groups is 1. The van der Waals surface area contributed by atoms with Crippen LogP contribution in [0.1, 0.15) is 24.0 Å². The predicted octanol–water partition coefficient (Wildman–Crippen LogP) is -0.227. The highest BCUT2D eigenvalue weighted by molar-refractivity contribution is 6.13. The minimum absolute atomic E-state index is 0.0426. The van der Waals surface area contributed by atoms with Gasteiger partial charge in [-0.1, -0.05) is 24.3 Å². The van der Waals surface area contributed by atoms with Crippen LogP contribution in [-0.4, -0.2) is 66.8 Å². The van der Waals surface area contributed by atoms with Gasteiger partial charge in [-0.05, 0) is 17.5 Å². The van der Waals surface area contributed by atoms with Crippen LogP contribution in [0.2, 0.25) is 0 Å². The Morgan fingerprint density at radius 3 is 2.39 bits per heavy atom. The average molecular weight is 460 g/mol. The first-order chi connectivity index (χ1) is 15.7. The summed E-state index contributed by atoms with van der Waals surface area (Å²) in [5.74, 6) is -1.82. The molecule has 1 aliphatic rings. The van der Waals surface area contributed by atoms with Crippen molar-refractivity contribution in [2.75, 3.05) is 27.3 Å². The molecule has 1 fully saturated rings. The molecule has 0 aromatic heterocycles. The van der Waals surface area contributed by atoms with Gasteiger partial charge in [0.1, 0.15) is 17.9 Å². The molecule has 1 saturated heterocycles. The van der Waals surface area contributed by atoms with Crippen LogP contribution in [0.15, 0.2) is 35.8 Å². The first-order valence-corrected chi connectivity index (χ1v) is 10.1. The minimum atomic E-state index is -0.668. The Bertz CT molecular complexity index is 972. The highest BCUT2D eigenvalue weighted by atomic mass is 16.5. The van der Waals surface area contributed by atoms with Crippen molar-refractivity contribution in [1.82, 2.24) is 15.1 Å². The first-order valence-electron chi connectivity index (χ1n) is 10.1. The fourth-order valence-electron chi connectivity index (χ4n) is 3.21. The molecule has 1 aromatic carbocycles. The second kappa shape index (κ2) is 11.5. The van der Waals surface area contributed by atoms with Gasteiger partial charge in [0.2, 0.25) is 5.91 Å². The van der Waals surface area contributed by atoms with Crippen molar-refractivity contribution in [2.45, 2.75) is 25.8 Å². The topological polar surface area (TPSA) is 181 Å². The molecule has 12 nitrogen and oxygen atoms in total. The Morgan fingerprint density at radius 2 is 1.79 bits per heavy atom. The molecule has 1 aromatic rings. The summed E-state index contributed by atoms with van der Waals surface area (Å²) in [7, 11) is 2.50. The maximum Gasteiger partial charge on any atom is 0.327 e. The summed E-state index contributed by atoms with van der Waals surface area (Å²) < 4.78 is 9.27. The number of hydrogen-bond donors (Lipinski definition) is 4. The molecule has 12 heteroatoms. The van der Waals surface area contributed by atoms with Gasteiger partial charge < -0.3 is 31.2 Å². The molecule has 0 atom stereocenters. The summed E-state index contributed by atoms with van der Waals surface area (Å²) in [5.41, 5.74) is 12.5. The number of nitrogens with zero attached hydrogens (tertiary/aromatic N) is 2. The quantitative estimate of drug-likeness (QED) is 0.273. The first kappa shape index (κ1) is 25.2. The smallest absolute Gasteiger partial charge is 0.327 e. The maximum atomic E-state index is 12.7. The van der Waals surface area contributed by atoms with E-state index < -0.39 is 24.3 Å². The number of nitrogens with two attached hydrogens (primary N) is 2. The number of nitrogens with one attached hydrogen (secondary N) is 2. The number of amides is 3. The lowest BCUT2D eigenvalue weighted by Gasteiger charge is -2.24. The lowest BCUT2D eigenvalue weighted by molar-refractivity contribution is -0.147. The second-order valence-electron chi connectivity index (χ2n) is 7.26. The highest BCUT2D eigenvalue weighted by Crippen LogP contribution is 2.14. The van der Waals surface area contributed by atoms with E-state index in [0.29, 0.717) is 6.42 Å². The van der Waals surface area contributed by atoms with Crippen molar-refractivity contribution in [2.24, 2.45) is 11.5 Å². The Hall–Kier alpha value is -4.09. The summed E-state index contributed by atoms with van der Waals surface area (Å²) >= 11 is 0. The standard InChI is InChI=1S/C21H28N6O6/c1-32-16(29)10-13-5-3-6-14(9-13)12-26(15(28)11-17(30)33-2)7-4-8-27-20(24)18(19(22)23)25-21(27)31/h3,5-6,9,24H,4,7-8,10-12,22-23H2,1-2H3,(H,25,31). The van der Waals surface area contributed by atoms with Gasteiger partial charge in [-0.2, -0.15) is 0 Å². The molecule has 178 valence electrons. The zero-order valence-electron chi connectivity index (χ0n) is 18.6. The monoisotopic (exact) mass is 460 g/mol. The molecule has 0 bridgehead atoms. The van der Waals surface area contributed by atoms with E-state index in [1.165, 1.54) is 19.1 Å². The third-order valence-electron chi connectivity index (χ3n) is 4.90. The fourth-order valence-corrected chi connectivity index (χ4v) is 3.21. The Labute approximate surface area is 191 Å². The summed E-state index contributed by atoms with van der Waals surface area (Å²) in [5, 5.41) is 10.5. The van der Waals surface area contributed by atoms with Crippen LogP contribution in [-0.2, 0) is 36.8 Å². The number of esters is 2. The number of carbonyl (C=O) groups is 4. The second-order valence-corrected chi connectivity index (χ2v) is 7.26. The van der Waals surface area contributed by atoms with Crippen LogP contribution < -0.4 is 16.8 Å². The van der Waals surface area contributed by atoms with Crippen LogP contribution in [0.4, 0.5) is 4.79 Å². The number of rotatable bonds is 10. The molecule has 0 aliphatic carbocycles. The zero-order valence-corrected chi connectivity index (χ0v) is 18.6. The average Bonchev–Trinajstić information content (AvgIpc) is 3.06. The zero-order chi connectivity index (χ0) is 24.5. The van der Waals surface area contributed by atoms with Gasteiger partial charge in [0.25, 0.3) is 0 Å². The van der Waals surface area contributed by atoms with Crippen LogP contribution in [0.25, 0.3) is 0 Å². The third kappa shape index (κ3) is 6.95. The van der Waals surface area contributed by atoms with Crippen molar-refractivity contribution in [1.29, 1.82) is 5.41 Å². The van der Waals surface area contributed by atoms with E-state index in [2.05, 4.69) is 14.8 Å². The van der Waals surface area contributed by atoms with E-state index in [1.54, 1.807) is 24.3 Å². The molecule has 2 rings (SSSR count).